The average Bonchev–Trinajstić information content (AvgIpc) is 2.43. The number of carbonyl (C=O) groups is 1. The lowest BCUT2D eigenvalue weighted by atomic mass is 10.7. The maximum atomic E-state index is 11.5. The minimum Gasteiger partial charge on any atom is -0.294 e. The second-order valence-corrected chi connectivity index (χ2v) is 5.88. The fourth-order valence-electron chi connectivity index (χ4n) is 1.08. The predicted octanol–water partition coefficient (Wildman–Crippen LogP) is -1.05. The fourth-order valence-corrected chi connectivity index (χ4v) is 1.74. The summed E-state index contributed by atoms with van der Waals surface area (Å²) in [5, 5.41) is 6.31. The second-order valence-electron chi connectivity index (χ2n) is 3.69. The molecule has 0 bridgehead atoms. The van der Waals surface area contributed by atoms with Gasteiger partial charge in [-0.25, -0.2) is 17.4 Å². The number of aromatic nitrogens is 3. The molecule has 0 radical (unpaired) electrons. The van der Waals surface area contributed by atoms with Crippen molar-refractivity contribution in [3.8, 4) is 0 Å². The number of hydrogen-bond donors (Lipinski definition) is 1. The van der Waals surface area contributed by atoms with Gasteiger partial charge in [0.15, 0.2) is 0 Å². The van der Waals surface area contributed by atoms with E-state index in [4.69, 9.17) is 0 Å². The number of nitrogens with zero attached hydrogens (tertiary/aromatic N) is 4. The van der Waals surface area contributed by atoms with Gasteiger partial charge in [-0.05, 0) is 6.92 Å². The molecule has 1 amide bonds. The Balaban J connectivity index is 2.72. The zero-order valence-corrected chi connectivity index (χ0v) is 10.9. The molecule has 0 spiro atoms. The zero-order valence-electron chi connectivity index (χ0n) is 10.1. The lowest BCUT2D eigenvalue weighted by Crippen LogP contribution is -2.32. The molecule has 8 nitrogen and oxygen atoms in total. The third-order valence-electron chi connectivity index (χ3n) is 1.99. The van der Waals surface area contributed by atoms with Gasteiger partial charge in [0, 0.05) is 21.1 Å². The maximum Gasteiger partial charge on any atom is 0.243 e. The highest BCUT2D eigenvalue weighted by molar-refractivity contribution is 7.89. The van der Waals surface area contributed by atoms with Crippen LogP contribution in [0.5, 0.6) is 0 Å². The quantitative estimate of drug-likeness (QED) is 0.746. The Bertz CT molecular complexity index is 519. The number of hydrogen-bond acceptors (Lipinski definition) is 5. The number of anilines is 1. The first-order valence-electron chi connectivity index (χ1n) is 4.80. The van der Waals surface area contributed by atoms with Crippen molar-refractivity contribution in [1.29, 1.82) is 0 Å². The molecule has 17 heavy (non-hydrogen) atoms. The van der Waals surface area contributed by atoms with E-state index in [-0.39, 0.29) is 5.95 Å². The van der Waals surface area contributed by atoms with Crippen LogP contribution in [0.1, 0.15) is 5.82 Å². The summed E-state index contributed by atoms with van der Waals surface area (Å²) in [6, 6.07) is 0. The van der Waals surface area contributed by atoms with Crippen molar-refractivity contribution >= 4 is 21.9 Å². The monoisotopic (exact) mass is 261 g/mol. The molecule has 0 saturated carbocycles. The molecule has 0 unspecified atom stereocenters. The summed E-state index contributed by atoms with van der Waals surface area (Å²) in [5.74, 6) is -0.541. The van der Waals surface area contributed by atoms with E-state index in [1.165, 1.54) is 18.8 Å². The van der Waals surface area contributed by atoms with Gasteiger partial charge < -0.3 is 0 Å². The Hall–Kier alpha value is -1.48. The average molecular weight is 261 g/mol. The van der Waals surface area contributed by atoms with Crippen molar-refractivity contribution in [1.82, 2.24) is 19.1 Å². The Morgan fingerprint density at radius 1 is 1.47 bits per heavy atom. The Morgan fingerprint density at radius 3 is 2.47 bits per heavy atom. The summed E-state index contributed by atoms with van der Waals surface area (Å²) in [6.07, 6.45) is 0. The summed E-state index contributed by atoms with van der Waals surface area (Å²) >= 11 is 0. The van der Waals surface area contributed by atoms with Crippen molar-refractivity contribution in [3.05, 3.63) is 5.82 Å². The SMILES string of the molecule is Cc1nc(NC(=O)CS(=O)(=O)N(C)C)n(C)n1. The molecule has 0 aliphatic rings. The van der Waals surface area contributed by atoms with Crippen molar-refractivity contribution in [2.24, 2.45) is 7.05 Å². The van der Waals surface area contributed by atoms with E-state index < -0.39 is 21.7 Å². The van der Waals surface area contributed by atoms with Gasteiger partial charge in [0.25, 0.3) is 0 Å². The molecule has 0 atom stereocenters. The molecule has 0 saturated heterocycles. The van der Waals surface area contributed by atoms with Crippen LogP contribution < -0.4 is 5.32 Å². The van der Waals surface area contributed by atoms with Crippen molar-refractivity contribution < 1.29 is 13.2 Å². The van der Waals surface area contributed by atoms with E-state index in [0.717, 1.165) is 4.31 Å². The van der Waals surface area contributed by atoms with Gasteiger partial charge in [-0.1, -0.05) is 0 Å². The molecule has 0 aliphatic carbocycles. The van der Waals surface area contributed by atoms with E-state index in [0.29, 0.717) is 5.82 Å². The first-order valence-corrected chi connectivity index (χ1v) is 6.41. The maximum absolute atomic E-state index is 11.5. The Morgan fingerprint density at radius 2 is 2.06 bits per heavy atom. The molecule has 1 rings (SSSR count). The highest BCUT2D eigenvalue weighted by Gasteiger charge is 2.20. The molecule has 0 aromatic carbocycles. The minimum atomic E-state index is -3.56. The van der Waals surface area contributed by atoms with Crippen LogP contribution in [-0.4, -0.2) is 53.2 Å². The van der Waals surface area contributed by atoms with Crippen LogP contribution in [0.15, 0.2) is 0 Å². The highest BCUT2D eigenvalue weighted by atomic mass is 32.2. The number of amides is 1. The largest absolute Gasteiger partial charge is 0.294 e. The summed E-state index contributed by atoms with van der Waals surface area (Å²) in [7, 11) is 0.788. The van der Waals surface area contributed by atoms with Gasteiger partial charge in [-0.2, -0.15) is 10.1 Å². The minimum absolute atomic E-state index is 0.224. The lowest BCUT2D eigenvalue weighted by Gasteiger charge is -2.10. The number of carbonyl (C=O) groups excluding carboxylic acids is 1. The van der Waals surface area contributed by atoms with Crippen LogP contribution in [0.2, 0.25) is 0 Å². The highest BCUT2D eigenvalue weighted by Crippen LogP contribution is 2.03. The molecular formula is C8H15N5O3S. The molecular weight excluding hydrogens is 246 g/mol. The van der Waals surface area contributed by atoms with Crippen LogP contribution in [0.3, 0.4) is 0 Å². The first kappa shape index (κ1) is 13.6. The van der Waals surface area contributed by atoms with E-state index in [9.17, 15) is 13.2 Å². The van der Waals surface area contributed by atoms with E-state index in [2.05, 4.69) is 15.4 Å². The van der Waals surface area contributed by atoms with Gasteiger partial charge in [-0.15, -0.1) is 0 Å². The standard InChI is InChI=1S/C8H15N5O3S/c1-6-9-8(13(4)11-6)10-7(14)5-17(15,16)12(2)3/h5H2,1-4H3,(H,9,10,11,14). The zero-order chi connectivity index (χ0) is 13.2. The fraction of sp³-hybridized carbons (Fsp3) is 0.625. The topological polar surface area (TPSA) is 97.2 Å². The van der Waals surface area contributed by atoms with E-state index in [1.807, 2.05) is 0 Å². The predicted molar refractivity (Wildman–Crippen MR) is 61.8 cm³/mol. The van der Waals surface area contributed by atoms with Crippen molar-refractivity contribution in [3.63, 3.8) is 0 Å². The third-order valence-corrected chi connectivity index (χ3v) is 3.73. The Labute approximate surface area is 99.7 Å². The summed E-state index contributed by atoms with van der Waals surface area (Å²) in [4.78, 5) is 15.4. The van der Waals surface area contributed by atoms with Gasteiger partial charge >= 0.3 is 0 Å². The van der Waals surface area contributed by atoms with Crippen LogP contribution in [0.25, 0.3) is 0 Å². The van der Waals surface area contributed by atoms with Crippen LogP contribution in [0.4, 0.5) is 5.95 Å². The summed E-state index contributed by atoms with van der Waals surface area (Å²) < 4.78 is 25.3. The third kappa shape index (κ3) is 3.49. The van der Waals surface area contributed by atoms with Crippen LogP contribution >= 0.6 is 0 Å². The molecule has 1 N–H and O–H groups in total. The number of rotatable bonds is 4. The van der Waals surface area contributed by atoms with E-state index in [1.54, 1.807) is 14.0 Å². The lowest BCUT2D eigenvalue weighted by molar-refractivity contribution is -0.114. The van der Waals surface area contributed by atoms with Crippen molar-refractivity contribution in [2.45, 2.75) is 6.92 Å². The normalized spacial score (nSPS) is 11.8. The van der Waals surface area contributed by atoms with Crippen molar-refractivity contribution in [2.75, 3.05) is 25.2 Å². The molecule has 96 valence electrons. The Kier molecular flexibility index (Phi) is 3.83. The van der Waals surface area contributed by atoms with E-state index >= 15 is 0 Å². The summed E-state index contributed by atoms with van der Waals surface area (Å²) in [6.45, 7) is 1.67. The molecule has 1 heterocycles. The smallest absolute Gasteiger partial charge is 0.243 e. The van der Waals surface area contributed by atoms with Gasteiger partial charge in [-0.3, -0.25) is 10.1 Å². The second kappa shape index (κ2) is 4.80. The van der Waals surface area contributed by atoms with Crippen LogP contribution in [-0.2, 0) is 21.9 Å². The molecule has 1 aromatic heterocycles. The summed E-state index contributed by atoms with van der Waals surface area (Å²) in [5.41, 5.74) is 0. The number of nitrogens with one attached hydrogen (secondary N) is 1. The van der Waals surface area contributed by atoms with Gasteiger partial charge in [0.1, 0.15) is 11.6 Å². The first-order chi connectivity index (χ1) is 7.72. The van der Waals surface area contributed by atoms with Gasteiger partial charge in [0.05, 0.1) is 0 Å². The molecule has 0 fully saturated rings. The van der Waals surface area contributed by atoms with Crippen LogP contribution in [0, 0.1) is 6.92 Å². The molecule has 0 aliphatic heterocycles. The van der Waals surface area contributed by atoms with Gasteiger partial charge in [0.2, 0.25) is 21.9 Å². The number of sulfonamides is 1. The molecule has 9 heteroatoms. The molecule has 1 aromatic rings. The number of aryl methyl sites for hydroxylation is 2.